The maximum Gasteiger partial charge on any atom is 0.244 e. The molecule has 0 aliphatic carbocycles. The molecular formula is C17H18N2O. The van der Waals surface area contributed by atoms with Gasteiger partial charge < -0.3 is 5.32 Å². The smallest absolute Gasteiger partial charge is 0.244 e. The van der Waals surface area contributed by atoms with Gasteiger partial charge in [0.2, 0.25) is 5.91 Å². The van der Waals surface area contributed by atoms with Crippen molar-refractivity contribution in [3.63, 3.8) is 0 Å². The van der Waals surface area contributed by atoms with Crippen molar-refractivity contribution < 1.29 is 4.79 Å². The van der Waals surface area contributed by atoms with Crippen molar-refractivity contribution in [2.45, 2.75) is 20.4 Å². The average Bonchev–Trinajstić information content (AvgIpc) is 2.46. The first-order valence-corrected chi connectivity index (χ1v) is 6.59. The number of allylic oxidation sites excluding steroid dienone is 1. The highest BCUT2D eigenvalue weighted by atomic mass is 16.1. The Kier molecular flexibility index (Phi) is 4.66. The standard InChI is InChI=1S/C17H18N2O/c1-13(15-8-4-3-5-9-15)11-17(20)18-12-16-10-6-7-14(2)19-16/h3-11H,12H2,1-2H3,(H,18,20)/b13-11-. The molecule has 1 N–H and O–H groups in total. The van der Waals surface area contributed by atoms with E-state index in [0.717, 1.165) is 22.5 Å². The maximum atomic E-state index is 11.9. The van der Waals surface area contributed by atoms with Crippen LogP contribution in [0.1, 0.15) is 23.9 Å². The summed E-state index contributed by atoms with van der Waals surface area (Å²) in [6, 6.07) is 15.6. The first-order chi connectivity index (χ1) is 9.65. The lowest BCUT2D eigenvalue weighted by atomic mass is 10.1. The summed E-state index contributed by atoms with van der Waals surface area (Å²) < 4.78 is 0. The van der Waals surface area contributed by atoms with Crippen molar-refractivity contribution in [1.82, 2.24) is 10.3 Å². The van der Waals surface area contributed by atoms with Crippen molar-refractivity contribution in [1.29, 1.82) is 0 Å². The molecule has 1 amide bonds. The van der Waals surface area contributed by atoms with Gasteiger partial charge in [0.25, 0.3) is 0 Å². The highest BCUT2D eigenvalue weighted by Crippen LogP contribution is 2.12. The summed E-state index contributed by atoms with van der Waals surface area (Å²) in [6.07, 6.45) is 1.62. The molecule has 1 heterocycles. The zero-order valence-corrected chi connectivity index (χ0v) is 11.8. The van der Waals surface area contributed by atoms with Gasteiger partial charge in [-0.25, -0.2) is 0 Å². The summed E-state index contributed by atoms with van der Waals surface area (Å²) >= 11 is 0. The number of benzene rings is 1. The number of nitrogens with zero attached hydrogens (tertiary/aromatic N) is 1. The van der Waals surface area contributed by atoms with Gasteiger partial charge in [0.1, 0.15) is 0 Å². The molecule has 0 spiro atoms. The van der Waals surface area contributed by atoms with Crippen LogP contribution in [0.3, 0.4) is 0 Å². The molecule has 0 radical (unpaired) electrons. The lowest BCUT2D eigenvalue weighted by molar-refractivity contribution is -0.116. The summed E-state index contributed by atoms with van der Waals surface area (Å²) in [6.45, 7) is 4.31. The van der Waals surface area contributed by atoms with Crippen LogP contribution in [0.2, 0.25) is 0 Å². The van der Waals surface area contributed by atoms with Crippen LogP contribution in [0.15, 0.2) is 54.6 Å². The summed E-state index contributed by atoms with van der Waals surface area (Å²) in [5.74, 6) is -0.102. The van der Waals surface area contributed by atoms with Crippen molar-refractivity contribution >= 4 is 11.5 Å². The largest absolute Gasteiger partial charge is 0.347 e. The highest BCUT2D eigenvalue weighted by molar-refractivity contribution is 5.94. The van der Waals surface area contributed by atoms with E-state index in [0.29, 0.717) is 6.54 Å². The number of hydrogen-bond acceptors (Lipinski definition) is 2. The first-order valence-electron chi connectivity index (χ1n) is 6.59. The van der Waals surface area contributed by atoms with E-state index in [1.54, 1.807) is 6.08 Å². The normalized spacial score (nSPS) is 11.2. The highest BCUT2D eigenvalue weighted by Gasteiger charge is 2.01. The van der Waals surface area contributed by atoms with Crippen LogP contribution in [-0.4, -0.2) is 10.9 Å². The molecule has 0 bridgehead atoms. The fourth-order valence-electron chi connectivity index (χ4n) is 1.91. The minimum atomic E-state index is -0.102. The number of aryl methyl sites for hydroxylation is 1. The molecule has 0 saturated heterocycles. The Morgan fingerprint density at radius 1 is 1.15 bits per heavy atom. The molecule has 0 atom stereocenters. The minimum Gasteiger partial charge on any atom is -0.347 e. The van der Waals surface area contributed by atoms with Gasteiger partial charge >= 0.3 is 0 Å². The Morgan fingerprint density at radius 3 is 2.60 bits per heavy atom. The second kappa shape index (κ2) is 6.66. The summed E-state index contributed by atoms with van der Waals surface area (Å²) in [4.78, 5) is 16.2. The van der Waals surface area contributed by atoms with Gasteiger partial charge in [-0.3, -0.25) is 9.78 Å². The third-order valence-electron chi connectivity index (χ3n) is 2.97. The predicted octanol–water partition coefficient (Wildman–Crippen LogP) is 3.11. The van der Waals surface area contributed by atoms with Gasteiger partial charge in [-0.05, 0) is 37.1 Å². The second-order valence-corrected chi connectivity index (χ2v) is 4.68. The van der Waals surface area contributed by atoms with E-state index in [9.17, 15) is 4.79 Å². The molecule has 0 fully saturated rings. The van der Waals surface area contributed by atoms with Crippen molar-refractivity contribution in [2.75, 3.05) is 0 Å². The van der Waals surface area contributed by atoms with E-state index in [1.807, 2.05) is 62.4 Å². The number of carbonyl (C=O) groups is 1. The van der Waals surface area contributed by atoms with Gasteiger partial charge in [-0.2, -0.15) is 0 Å². The number of rotatable bonds is 4. The van der Waals surface area contributed by atoms with Crippen molar-refractivity contribution in [2.24, 2.45) is 0 Å². The Morgan fingerprint density at radius 2 is 1.90 bits per heavy atom. The van der Waals surface area contributed by atoms with E-state index in [2.05, 4.69) is 10.3 Å². The summed E-state index contributed by atoms with van der Waals surface area (Å²) in [5.41, 5.74) is 3.81. The molecule has 0 unspecified atom stereocenters. The van der Waals surface area contributed by atoms with Crippen LogP contribution in [0, 0.1) is 6.92 Å². The fourth-order valence-corrected chi connectivity index (χ4v) is 1.91. The zero-order chi connectivity index (χ0) is 14.4. The summed E-state index contributed by atoms with van der Waals surface area (Å²) in [5, 5.41) is 2.85. The van der Waals surface area contributed by atoms with Gasteiger partial charge in [0.05, 0.1) is 12.2 Å². The van der Waals surface area contributed by atoms with E-state index in [4.69, 9.17) is 0 Å². The maximum absolute atomic E-state index is 11.9. The van der Waals surface area contributed by atoms with Crippen LogP contribution in [0.4, 0.5) is 0 Å². The Labute approximate surface area is 119 Å². The third kappa shape index (κ3) is 4.05. The monoisotopic (exact) mass is 266 g/mol. The number of amides is 1. The van der Waals surface area contributed by atoms with E-state index >= 15 is 0 Å². The van der Waals surface area contributed by atoms with E-state index in [1.165, 1.54) is 0 Å². The van der Waals surface area contributed by atoms with Gasteiger partial charge in [-0.15, -0.1) is 0 Å². The first kappa shape index (κ1) is 14.0. The van der Waals surface area contributed by atoms with Gasteiger partial charge in [-0.1, -0.05) is 36.4 Å². The second-order valence-electron chi connectivity index (χ2n) is 4.68. The molecule has 3 nitrogen and oxygen atoms in total. The number of carbonyl (C=O) groups excluding carboxylic acids is 1. The zero-order valence-electron chi connectivity index (χ0n) is 11.8. The molecule has 1 aromatic carbocycles. The Bertz CT molecular complexity index is 618. The van der Waals surface area contributed by atoms with Gasteiger partial charge in [0, 0.05) is 11.8 Å². The number of nitrogens with one attached hydrogen (secondary N) is 1. The Hall–Kier alpha value is -2.42. The Balaban J connectivity index is 1.96. The third-order valence-corrected chi connectivity index (χ3v) is 2.97. The molecule has 3 heteroatoms. The van der Waals surface area contributed by atoms with Crippen LogP contribution in [0.25, 0.3) is 5.57 Å². The van der Waals surface area contributed by atoms with Gasteiger partial charge in [0.15, 0.2) is 0 Å². The fraction of sp³-hybridized carbons (Fsp3) is 0.176. The van der Waals surface area contributed by atoms with E-state index in [-0.39, 0.29) is 5.91 Å². The molecule has 102 valence electrons. The van der Waals surface area contributed by atoms with Crippen molar-refractivity contribution in [3.8, 4) is 0 Å². The molecule has 0 aliphatic rings. The predicted molar refractivity (Wildman–Crippen MR) is 80.9 cm³/mol. The molecule has 20 heavy (non-hydrogen) atoms. The minimum absolute atomic E-state index is 0.102. The van der Waals surface area contributed by atoms with Crippen LogP contribution < -0.4 is 5.32 Å². The lowest BCUT2D eigenvalue weighted by Gasteiger charge is -2.04. The summed E-state index contributed by atoms with van der Waals surface area (Å²) in [7, 11) is 0. The van der Waals surface area contributed by atoms with Crippen LogP contribution >= 0.6 is 0 Å². The quantitative estimate of drug-likeness (QED) is 0.864. The lowest BCUT2D eigenvalue weighted by Crippen LogP contribution is -2.21. The molecule has 0 aliphatic heterocycles. The van der Waals surface area contributed by atoms with E-state index < -0.39 is 0 Å². The number of aromatic nitrogens is 1. The molecule has 2 rings (SSSR count). The number of hydrogen-bond donors (Lipinski definition) is 1. The molecule has 2 aromatic rings. The van der Waals surface area contributed by atoms with Crippen LogP contribution in [0.5, 0.6) is 0 Å². The topological polar surface area (TPSA) is 42.0 Å². The molecule has 1 aromatic heterocycles. The molecule has 0 saturated carbocycles. The molecular weight excluding hydrogens is 248 g/mol. The number of pyridine rings is 1. The van der Waals surface area contributed by atoms with Crippen molar-refractivity contribution in [3.05, 3.63) is 71.6 Å². The van der Waals surface area contributed by atoms with Crippen LogP contribution in [-0.2, 0) is 11.3 Å². The average molecular weight is 266 g/mol. The SMILES string of the molecule is C/C(=C/C(=O)NCc1cccc(C)n1)c1ccccc1.